The third-order valence-corrected chi connectivity index (χ3v) is 1.77. The van der Waals surface area contributed by atoms with Crippen molar-refractivity contribution in [3.05, 3.63) is 34.4 Å². The normalized spacial score (nSPS) is 8.88. The van der Waals surface area contributed by atoms with Crippen molar-refractivity contribution in [2.45, 2.75) is 13.8 Å². The van der Waals surface area contributed by atoms with Gasteiger partial charge in [-0.15, -0.1) is 11.8 Å². The molecular weight excluding hydrogens is 220 g/mol. The molecule has 82 valence electrons. The van der Waals surface area contributed by atoms with Gasteiger partial charge in [0.15, 0.2) is 23.3 Å². The van der Waals surface area contributed by atoms with Gasteiger partial charge in [-0.1, -0.05) is 11.8 Å². The van der Waals surface area contributed by atoms with E-state index in [0.717, 1.165) is 0 Å². The highest BCUT2D eigenvalue weighted by Crippen LogP contribution is 2.22. The Morgan fingerprint density at radius 2 is 0.938 bits per heavy atom. The summed E-state index contributed by atoms with van der Waals surface area (Å²) in [5, 5.41) is 0. The van der Waals surface area contributed by atoms with Crippen LogP contribution in [-0.2, 0) is 0 Å². The number of hydrogen-bond acceptors (Lipinski definition) is 0. The van der Waals surface area contributed by atoms with Crippen LogP contribution in [0.2, 0.25) is 0 Å². The Kier molecular flexibility index (Phi) is 3.58. The average Bonchev–Trinajstić information content (AvgIpc) is 2.28. The summed E-state index contributed by atoms with van der Waals surface area (Å²) in [5.74, 6) is 2.10. The summed E-state index contributed by atoms with van der Waals surface area (Å²) < 4.78 is 52.3. The SMILES string of the molecule is CC#Cc1c(F)c(F)c(F)c(F)c1C#CC. The fraction of sp³-hybridized carbons (Fsp3) is 0.167. The lowest BCUT2D eigenvalue weighted by Gasteiger charge is -2.04. The van der Waals surface area contributed by atoms with Crippen molar-refractivity contribution < 1.29 is 17.6 Å². The molecule has 1 rings (SSSR count). The Labute approximate surface area is 90.3 Å². The first-order chi connectivity index (χ1) is 7.54. The second-order valence-corrected chi connectivity index (χ2v) is 2.76. The zero-order valence-electron chi connectivity index (χ0n) is 8.51. The van der Waals surface area contributed by atoms with Crippen molar-refractivity contribution >= 4 is 0 Å². The molecule has 1 aromatic carbocycles. The first-order valence-corrected chi connectivity index (χ1v) is 4.26. The van der Waals surface area contributed by atoms with Crippen LogP contribution < -0.4 is 0 Å². The molecule has 0 aromatic heterocycles. The van der Waals surface area contributed by atoms with Gasteiger partial charge < -0.3 is 0 Å². The predicted octanol–water partition coefficient (Wildman–Crippen LogP) is 2.99. The van der Waals surface area contributed by atoms with E-state index in [9.17, 15) is 17.6 Å². The van der Waals surface area contributed by atoms with E-state index in [4.69, 9.17) is 0 Å². The quantitative estimate of drug-likeness (QED) is 0.276. The standard InChI is InChI=1S/C12H6F4/c1-3-5-7-8(6-4-2)10(14)12(16)11(15)9(7)13/h1-2H3. The summed E-state index contributed by atoms with van der Waals surface area (Å²) in [6.07, 6.45) is 0. The van der Waals surface area contributed by atoms with E-state index in [1.54, 1.807) is 0 Å². The second kappa shape index (κ2) is 4.72. The number of hydrogen-bond donors (Lipinski definition) is 0. The van der Waals surface area contributed by atoms with Crippen molar-refractivity contribution in [2.75, 3.05) is 0 Å². The number of benzene rings is 1. The Morgan fingerprint density at radius 3 is 1.19 bits per heavy atom. The molecule has 16 heavy (non-hydrogen) atoms. The molecule has 0 heterocycles. The van der Waals surface area contributed by atoms with Crippen LogP contribution in [0.3, 0.4) is 0 Å². The third kappa shape index (κ3) is 1.87. The van der Waals surface area contributed by atoms with Gasteiger partial charge in [0.2, 0.25) is 0 Å². The van der Waals surface area contributed by atoms with Gasteiger partial charge in [0.05, 0.1) is 11.1 Å². The van der Waals surface area contributed by atoms with Gasteiger partial charge in [0.25, 0.3) is 0 Å². The molecule has 4 heteroatoms. The highest BCUT2D eigenvalue weighted by atomic mass is 19.2. The zero-order valence-corrected chi connectivity index (χ0v) is 8.51. The largest absolute Gasteiger partial charge is 0.202 e. The maximum Gasteiger partial charge on any atom is 0.198 e. The van der Waals surface area contributed by atoms with Crippen LogP contribution >= 0.6 is 0 Å². The summed E-state index contributed by atoms with van der Waals surface area (Å²) in [6.45, 7) is 2.73. The highest BCUT2D eigenvalue weighted by Gasteiger charge is 2.23. The molecule has 0 nitrogen and oxygen atoms in total. The van der Waals surface area contributed by atoms with E-state index in [-0.39, 0.29) is 0 Å². The van der Waals surface area contributed by atoms with Crippen LogP contribution in [0.4, 0.5) is 17.6 Å². The molecule has 0 aliphatic carbocycles. The molecule has 0 spiro atoms. The summed E-state index contributed by atoms with van der Waals surface area (Å²) in [7, 11) is 0. The van der Waals surface area contributed by atoms with Crippen LogP contribution in [0.25, 0.3) is 0 Å². The van der Waals surface area contributed by atoms with Crippen molar-refractivity contribution in [3.63, 3.8) is 0 Å². The Bertz CT molecular complexity index is 500. The first-order valence-electron chi connectivity index (χ1n) is 4.26. The van der Waals surface area contributed by atoms with Crippen LogP contribution in [0.15, 0.2) is 0 Å². The van der Waals surface area contributed by atoms with Gasteiger partial charge in [-0.05, 0) is 13.8 Å². The molecule has 0 amide bonds. The minimum absolute atomic E-state index is 0.562. The van der Waals surface area contributed by atoms with E-state index in [0.29, 0.717) is 0 Å². The van der Waals surface area contributed by atoms with Crippen molar-refractivity contribution in [1.29, 1.82) is 0 Å². The highest BCUT2D eigenvalue weighted by molar-refractivity contribution is 5.52. The van der Waals surface area contributed by atoms with Crippen molar-refractivity contribution in [2.24, 2.45) is 0 Å². The van der Waals surface area contributed by atoms with Crippen molar-refractivity contribution in [1.82, 2.24) is 0 Å². The molecule has 0 radical (unpaired) electrons. The van der Waals surface area contributed by atoms with Gasteiger partial charge in [-0.2, -0.15) is 0 Å². The minimum Gasteiger partial charge on any atom is -0.202 e. The molecular formula is C12H6F4. The topological polar surface area (TPSA) is 0 Å². The Balaban J connectivity index is 3.78. The molecule has 1 aromatic rings. The van der Waals surface area contributed by atoms with Crippen LogP contribution in [-0.4, -0.2) is 0 Å². The van der Waals surface area contributed by atoms with E-state index >= 15 is 0 Å². The maximum absolute atomic E-state index is 13.3. The van der Waals surface area contributed by atoms with Gasteiger partial charge in [0.1, 0.15) is 0 Å². The first kappa shape index (κ1) is 12.1. The monoisotopic (exact) mass is 226 g/mol. The summed E-state index contributed by atoms with van der Waals surface area (Å²) in [6, 6.07) is 0. The van der Waals surface area contributed by atoms with E-state index in [1.807, 2.05) is 0 Å². The van der Waals surface area contributed by atoms with E-state index in [1.165, 1.54) is 13.8 Å². The average molecular weight is 226 g/mol. The van der Waals surface area contributed by atoms with E-state index in [2.05, 4.69) is 23.7 Å². The van der Waals surface area contributed by atoms with Crippen LogP contribution in [0, 0.1) is 47.0 Å². The minimum atomic E-state index is -1.88. The van der Waals surface area contributed by atoms with Crippen LogP contribution in [0.1, 0.15) is 25.0 Å². The molecule has 0 aliphatic rings. The van der Waals surface area contributed by atoms with Gasteiger partial charge in [0, 0.05) is 0 Å². The predicted molar refractivity (Wildman–Crippen MR) is 51.4 cm³/mol. The lowest BCUT2D eigenvalue weighted by Crippen LogP contribution is -2.04. The van der Waals surface area contributed by atoms with Crippen molar-refractivity contribution in [3.8, 4) is 23.7 Å². The smallest absolute Gasteiger partial charge is 0.198 e. The van der Waals surface area contributed by atoms with Gasteiger partial charge in [-0.3, -0.25) is 0 Å². The fourth-order valence-electron chi connectivity index (χ4n) is 1.12. The maximum atomic E-state index is 13.3. The molecule has 0 aliphatic heterocycles. The molecule has 0 bridgehead atoms. The third-order valence-electron chi connectivity index (χ3n) is 1.77. The molecule has 0 unspecified atom stereocenters. The van der Waals surface area contributed by atoms with Gasteiger partial charge >= 0.3 is 0 Å². The zero-order chi connectivity index (χ0) is 12.3. The summed E-state index contributed by atoms with van der Waals surface area (Å²) in [5.41, 5.74) is -1.12. The lowest BCUT2D eigenvalue weighted by molar-refractivity contribution is 0.406. The van der Waals surface area contributed by atoms with E-state index < -0.39 is 34.4 Å². The fourth-order valence-corrected chi connectivity index (χ4v) is 1.12. The van der Waals surface area contributed by atoms with Crippen LogP contribution in [0.5, 0.6) is 0 Å². The van der Waals surface area contributed by atoms with Gasteiger partial charge in [-0.25, -0.2) is 17.6 Å². The summed E-state index contributed by atoms with van der Waals surface area (Å²) in [4.78, 5) is 0. The second-order valence-electron chi connectivity index (χ2n) is 2.76. The number of halogens is 4. The lowest BCUT2D eigenvalue weighted by atomic mass is 10.1. The Morgan fingerprint density at radius 1 is 0.625 bits per heavy atom. The Hall–Kier alpha value is -1.94. The molecule has 0 atom stereocenters. The molecule has 0 fully saturated rings. The molecule has 0 saturated carbocycles. The summed E-state index contributed by atoms with van der Waals surface area (Å²) >= 11 is 0. The molecule has 0 saturated heterocycles. The molecule has 0 N–H and O–H groups in total. The number of rotatable bonds is 0.